The second kappa shape index (κ2) is 7.09. The average molecular weight is 196 g/mol. The number of allylic oxidation sites excluding steroid dienone is 3. The molecule has 0 aromatic rings. The summed E-state index contributed by atoms with van der Waals surface area (Å²) in [5.41, 5.74) is 0.244. The normalized spacial score (nSPS) is 14.3. The largest absolute Gasteiger partial charge is 0.478 e. The summed E-state index contributed by atoms with van der Waals surface area (Å²) in [5, 5.41) is 18.1. The molecule has 14 heavy (non-hydrogen) atoms. The number of hydrogen-bond acceptors (Lipinski definition) is 2. The van der Waals surface area contributed by atoms with E-state index in [1.165, 1.54) is 12.2 Å². The number of carboxylic acid groups (broad SMARTS) is 1. The van der Waals surface area contributed by atoms with Gasteiger partial charge in [0.2, 0.25) is 0 Å². The number of carboxylic acids is 1. The van der Waals surface area contributed by atoms with Crippen LogP contribution in [0.4, 0.5) is 0 Å². The lowest BCUT2D eigenvalue weighted by Gasteiger charge is -2.05. The zero-order valence-electron chi connectivity index (χ0n) is 8.31. The van der Waals surface area contributed by atoms with Gasteiger partial charge in [-0.25, -0.2) is 4.79 Å². The van der Waals surface area contributed by atoms with E-state index in [0.717, 1.165) is 0 Å². The molecule has 0 aliphatic rings. The molecule has 0 unspecified atom stereocenters. The van der Waals surface area contributed by atoms with E-state index in [-0.39, 0.29) is 12.0 Å². The fraction of sp³-hybridized carbons (Fsp3) is 0.364. The van der Waals surface area contributed by atoms with Crippen molar-refractivity contribution in [3.8, 4) is 0 Å². The van der Waals surface area contributed by atoms with E-state index < -0.39 is 12.1 Å². The minimum Gasteiger partial charge on any atom is -0.478 e. The van der Waals surface area contributed by atoms with Gasteiger partial charge in [-0.2, -0.15) is 0 Å². The predicted molar refractivity (Wildman–Crippen MR) is 56.0 cm³/mol. The van der Waals surface area contributed by atoms with Crippen LogP contribution in [0.3, 0.4) is 0 Å². The van der Waals surface area contributed by atoms with Crippen LogP contribution in [0.15, 0.2) is 36.5 Å². The molecule has 3 nitrogen and oxygen atoms in total. The average Bonchev–Trinajstić information content (AvgIpc) is 2.14. The molecule has 1 atom stereocenters. The number of aliphatic hydroxyl groups excluding tert-OH is 1. The van der Waals surface area contributed by atoms with Crippen molar-refractivity contribution in [3.63, 3.8) is 0 Å². The fourth-order valence-corrected chi connectivity index (χ4v) is 1.00. The summed E-state index contributed by atoms with van der Waals surface area (Å²) in [4.78, 5) is 10.7. The summed E-state index contributed by atoms with van der Waals surface area (Å²) in [5.74, 6) is -0.974. The number of aliphatic carboxylic acids is 1. The van der Waals surface area contributed by atoms with Gasteiger partial charge in [0.05, 0.1) is 6.10 Å². The van der Waals surface area contributed by atoms with Crippen LogP contribution in [0.1, 0.15) is 19.8 Å². The van der Waals surface area contributed by atoms with Crippen LogP contribution in [0.25, 0.3) is 0 Å². The third-order valence-corrected chi connectivity index (χ3v) is 1.62. The van der Waals surface area contributed by atoms with Crippen molar-refractivity contribution in [3.05, 3.63) is 36.5 Å². The molecule has 0 aliphatic heterocycles. The van der Waals surface area contributed by atoms with Crippen LogP contribution in [0, 0.1) is 0 Å². The quantitative estimate of drug-likeness (QED) is 0.504. The molecule has 0 aliphatic carbocycles. The summed E-state index contributed by atoms with van der Waals surface area (Å²) in [6, 6.07) is 0. The molecule has 0 bridgehead atoms. The molecule has 0 fully saturated rings. The minimum atomic E-state index is -0.974. The molecule has 0 spiro atoms. The molecule has 78 valence electrons. The van der Waals surface area contributed by atoms with Gasteiger partial charge in [-0.05, 0) is 6.42 Å². The third kappa shape index (κ3) is 5.32. The van der Waals surface area contributed by atoms with E-state index in [0.29, 0.717) is 6.42 Å². The highest BCUT2D eigenvalue weighted by Crippen LogP contribution is 2.08. The monoisotopic (exact) mass is 196 g/mol. The van der Waals surface area contributed by atoms with Gasteiger partial charge < -0.3 is 10.2 Å². The molecule has 0 rings (SSSR count). The molecule has 0 saturated heterocycles. The Bertz CT molecular complexity index is 251. The number of hydrogen-bond donors (Lipinski definition) is 2. The van der Waals surface area contributed by atoms with Crippen LogP contribution in [0.2, 0.25) is 0 Å². The fourth-order valence-electron chi connectivity index (χ4n) is 1.00. The lowest BCUT2D eigenvalue weighted by Crippen LogP contribution is -2.10. The molecular weight excluding hydrogens is 180 g/mol. The van der Waals surface area contributed by atoms with E-state index in [1.54, 1.807) is 12.2 Å². The van der Waals surface area contributed by atoms with Crippen LogP contribution in [-0.2, 0) is 4.79 Å². The van der Waals surface area contributed by atoms with Gasteiger partial charge in [0, 0.05) is 12.0 Å². The van der Waals surface area contributed by atoms with Gasteiger partial charge in [0.1, 0.15) is 0 Å². The molecule has 2 N–H and O–H groups in total. The molecule has 0 aromatic carbocycles. The Hall–Kier alpha value is -1.35. The van der Waals surface area contributed by atoms with Gasteiger partial charge in [0.15, 0.2) is 0 Å². The Kier molecular flexibility index (Phi) is 6.41. The maximum atomic E-state index is 10.7. The Morgan fingerprint density at radius 1 is 1.57 bits per heavy atom. The Labute approximate surface area is 84.1 Å². The van der Waals surface area contributed by atoms with Gasteiger partial charge in [-0.1, -0.05) is 37.8 Å². The number of aliphatic hydroxyl groups is 1. The topological polar surface area (TPSA) is 57.5 Å². The minimum absolute atomic E-state index is 0.132. The summed E-state index contributed by atoms with van der Waals surface area (Å²) in [6.07, 6.45) is 6.27. The van der Waals surface area contributed by atoms with Crippen LogP contribution < -0.4 is 0 Å². The van der Waals surface area contributed by atoms with Crippen molar-refractivity contribution in [2.24, 2.45) is 0 Å². The van der Waals surface area contributed by atoms with E-state index in [9.17, 15) is 9.90 Å². The number of carbonyl (C=O) groups is 1. The zero-order chi connectivity index (χ0) is 11.0. The maximum absolute atomic E-state index is 10.7. The summed E-state index contributed by atoms with van der Waals surface area (Å²) in [6.45, 7) is 5.31. The first kappa shape index (κ1) is 12.7. The maximum Gasteiger partial charge on any atom is 0.331 e. The Balaban J connectivity index is 4.30. The Morgan fingerprint density at radius 2 is 2.21 bits per heavy atom. The van der Waals surface area contributed by atoms with Crippen LogP contribution >= 0.6 is 0 Å². The number of rotatable bonds is 6. The lowest BCUT2D eigenvalue weighted by molar-refractivity contribution is -0.133. The SMILES string of the molecule is C=C/C=C/[C@@H](O)C/C(=C\CC)C(=O)O. The Morgan fingerprint density at radius 3 is 2.64 bits per heavy atom. The molecular formula is C11H16O3. The highest BCUT2D eigenvalue weighted by atomic mass is 16.4. The second-order valence-electron chi connectivity index (χ2n) is 2.83. The third-order valence-electron chi connectivity index (χ3n) is 1.62. The van der Waals surface area contributed by atoms with Crippen molar-refractivity contribution >= 4 is 5.97 Å². The first-order chi connectivity index (χ1) is 6.61. The summed E-state index contributed by atoms with van der Waals surface area (Å²) in [7, 11) is 0. The first-order valence-corrected chi connectivity index (χ1v) is 4.51. The van der Waals surface area contributed by atoms with Gasteiger partial charge >= 0.3 is 5.97 Å². The first-order valence-electron chi connectivity index (χ1n) is 4.51. The molecule has 0 aromatic heterocycles. The van der Waals surface area contributed by atoms with Crippen molar-refractivity contribution in [1.29, 1.82) is 0 Å². The van der Waals surface area contributed by atoms with Crippen LogP contribution in [0.5, 0.6) is 0 Å². The van der Waals surface area contributed by atoms with E-state index >= 15 is 0 Å². The van der Waals surface area contributed by atoms with E-state index in [4.69, 9.17) is 5.11 Å². The van der Waals surface area contributed by atoms with Crippen molar-refractivity contribution in [1.82, 2.24) is 0 Å². The molecule has 0 heterocycles. The summed E-state index contributed by atoms with van der Waals surface area (Å²) >= 11 is 0. The van der Waals surface area contributed by atoms with Gasteiger partial charge in [0.25, 0.3) is 0 Å². The predicted octanol–water partition coefficient (Wildman–Crippen LogP) is 1.90. The van der Waals surface area contributed by atoms with Crippen molar-refractivity contribution in [2.75, 3.05) is 0 Å². The zero-order valence-corrected chi connectivity index (χ0v) is 8.31. The molecule has 0 amide bonds. The standard InChI is InChI=1S/C11H16O3/c1-3-5-7-10(12)8-9(6-4-2)11(13)14/h3,5-7,10,12H,1,4,8H2,2H3,(H,13,14)/b7-5+,9-6+/t10-/m1/s1. The van der Waals surface area contributed by atoms with E-state index in [2.05, 4.69) is 6.58 Å². The smallest absolute Gasteiger partial charge is 0.331 e. The second-order valence-corrected chi connectivity index (χ2v) is 2.83. The lowest BCUT2D eigenvalue weighted by atomic mass is 10.1. The van der Waals surface area contributed by atoms with Crippen LogP contribution in [-0.4, -0.2) is 22.3 Å². The van der Waals surface area contributed by atoms with Crippen molar-refractivity contribution < 1.29 is 15.0 Å². The molecule has 0 saturated carbocycles. The van der Waals surface area contributed by atoms with Gasteiger partial charge in [-0.3, -0.25) is 0 Å². The highest BCUT2D eigenvalue weighted by molar-refractivity contribution is 5.86. The van der Waals surface area contributed by atoms with E-state index in [1.807, 2.05) is 6.92 Å². The molecule has 3 heteroatoms. The summed E-state index contributed by atoms with van der Waals surface area (Å²) < 4.78 is 0. The van der Waals surface area contributed by atoms with Crippen molar-refractivity contribution in [2.45, 2.75) is 25.9 Å². The highest BCUT2D eigenvalue weighted by Gasteiger charge is 2.10. The molecule has 0 radical (unpaired) electrons. The van der Waals surface area contributed by atoms with Gasteiger partial charge in [-0.15, -0.1) is 0 Å².